The van der Waals surface area contributed by atoms with E-state index < -0.39 is 5.97 Å². The Labute approximate surface area is 124 Å². The van der Waals surface area contributed by atoms with Crippen molar-refractivity contribution >= 4 is 27.8 Å². The lowest BCUT2D eigenvalue weighted by molar-refractivity contribution is 0.0696. The maximum absolute atomic E-state index is 12.2. The quantitative estimate of drug-likeness (QED) is 0.885. The van der Waals surface area contributed by atoms with E-state index in [1.54, 1.807) is 6.07 Å². The zero-order valence-electron chi connectivity index (χ0n) is 10.6. The van der Waals surface area contributed by atoms with E-state index in [1.807, 2.05) is 0 Å². The number of benzene rings is 1. The van der Waals surface area contributed by atoms with Crippen LogP contribution < -0.4 is 5.32 Å². The summed E-state index contributed by atoms with van der Waals surface area (Å²) in [5, 5.41) is 12.0. The molecule has 0 radical (unpaired) electrons. The van der Waals surface area contributed by atoms with Crippen molar-refractivity contribution in [2.45, 2.75) is 37.5 Å². The van der Waals surface area contributed by atoms with Crippen LogP contribution in [0.1, 0.15) is 40.0 Å². The highest BCUT2D eigenvalue weighted by atomic mass is 79.9. The fourth-order valence-electron chi connectivity index (χ4n) is 2.89. The third-order valence-corrected chi connectivity index (χ3v) is 4.29. The van der Waals surface area contributed by atoms with E-state index in [1.165, 1.54) is 12.1 Å². The van der Waals surface area contributed by atoms with Gasteiger partial charge in [0.1, 0.15) is 0 Å². The first-order valence-electron chi connectivity index (χ1n) is 6.53. The second-order valence-electron chi connectivity index (χ2n) is 5.22. The Kier molecular flexibility index (Phi) is 3.52. The van der Waals surface area contributed by atoms with Gasteiger partial charge in [-0.1, -0.05) is 15.9 Å². The monoisotopic (exact) mass is 339 g/mol. The Morgan fingerprint density at radius 1 is 1.25 bits per heavy atom. The number of hydrogen-bond donors (Lipinski definition) is 2. The van der Waals surface area contributed by atoms with Crippen LogP contribution in [0.2, 0.25) is 0 Å². The molecule has 0 aliphatic carbocycles. The molecule has 1 amide bonds. The summed E-state index contributed by atoms with van der Waals surface area (Å²) in [6.07, 6.45) is 3.26. The van der Waals surface area contributed by atoms with Crippen molar-refractivity contribution in [1.29, 1.82) is 0 Å². The van der Waals surface area contributed by atoms with E-state index in [2.05, 4.69) is 21.2 Å². The van der Waals surface area contributed by atoms with Gasteiger partial charge in [0.15, 0.2) is 0 Å². The first-order valence-corrected chi connectivity index (χ1v) is 7.32. The fraction of sp³-hybridized carbons (Fsp3) is 0.429. The molecule has 3 rings (SSSR count). The molecule has 1 aromatic carbocycles. The normalized spacial score (nSPS) is 27.6. The number of rotatable bonds is 3. The molecule has 0 spiro atoms. The van der Waals surface area contributed by atoms with E-state index in [9.17, 15) is 9.59 Å². The van der Waals surface area contributed by atoms with Crippen molar-refractivity contribution in [2.24, 2.45) is 0 Å². The van der Waals surface area contributed by atoms with Gasteiger partial charge in [-0.05, 0) is 37.5 Å². The standard InChI is InChI=1S/C14H14BrNO4/c15-9-4-7(3-8(5-9)14(18)19)13(17)16-11-6-10-1-2-12(11)20-10/h3-5,10-12H,1-2,6H2,(H,16,17)(H,18,19)/t10-,11-,12+/m1/s1. The number of hydrogen-bond acceptors (Lipinski definition) is 3. The largest absolute Gasteiger partial charge is 0.478 e. The minimum Gasteiger partial charge on any atom is -0.478 e. The van der Waals surface area contributed by atoms with Crippen LogP contribution in [0.25, 0.3) is 0 Å². The molecule has 0 unspecified atom stereocenters. The molecule has 5 nitrogen and oxygen atoms in total. The van der Waals surface area contributed by atoms with Crippen LogP contribution in [0.4, 0.5) is 0 Å². The molecule has 3 atom stereocenters. The second kappa shape index (κ2) is 5.18. The molecule has 2 bridgehead atoms. The Hall–Kier alpha value is -1.40. The van der Waals surface area contributed by atoms with Crippen molar-refractivity contribution in [3.05, 3.63) is 33.8 Å². The van der Waals surface area contributed by atoms with Crippen molar-refractivity contribution < 1.29 is 19.4 Å². The summed E-state index contributed by atoms with van der Waals surface area (Å²) >= 11 is 3.23. The minimum atomic E-state index is -1.05. The van der Waals surface area contributed by atoms with Crippen molar-refractivity contribution in [3.8, 4) is 0 Å². The Morgan fingerprint density at radius 2 is 2.00 bits per heavy atom. The number of halogens is 1. The first-order chi connectivity index (χ1) is 9.52. The van der Waals surface area contributed by atoms with Gasteiger partial charge in [0.05, 0.1) is 23.8 Å². The van der Waals surface area contributed by atoms with Crippen LogP contribution in [-0.4, -0.2) is 35.2 Å². The minimum absolute atomic E-state index is 0.0357. The van der Waals surface area contributed by atoms with Gasteiger partial charge in [0.25, 0.3) is 5.91 Å². The molecule has 2 fully saturated rings. The van der Waals surface area contributed by atoms with E-state index in [0.717, 1.165) is 19.3 Å². The molecule has 2 saturated heterocycles. The topological polar surface area (TPSA) is 75.6 Å². The number of carbonyl (C=O) groups is 2. The van der Waals surface area contributed by atoms with Crippen LogP contribution in [-0.2, 0) is 4.74 Å². The van der Waals surface area contributed by atoms with Gasteiger partial charge < -0.3 is 15.2 Å². The number of carboxylic acid groups (broad SMARTS) is 1. The van der Waals surface area contributed by atoms with Crippen LogP contribution >= 0.6 is 15.9 Å². The van der Waals surface area contributed by atoms with E-state index in [4.69, 9.17) is 9.84 Å². The van der Waals surface area contributed by atoms with Gasteiger partial charge >= 0.3 is 5.97 Å². The lowest BCUT2D eigenvalue weighted by Crippen LogP contribution is -2.41. The summed E-state index contributed by atoms with van der Waals surface area (Å²) in [4.78, 5) is 23.2. The van der Waals surface area contributed by atoms with E-state index in [-0.39, 0.29) is 29.7 Å². The zero-order chi connectivity index (χ0) is 14.3. The van der Waals surface area contributed by atoms with Gasteiger partial charge in [-0.25, -0.2) is 4.79 Å². The molecular formula is C14H14BrNO4. The molecule has 106 valence electrons. The lowest BCUT2D eigenvalue weighted by atomic mass is 9.95. The van der Waals surface area contributed by atoms with Crippen LogP contribution in [0.5, 0.6) is 0 Å². The molecule has 0 aromatic heterocycles. The number of ether oxygens (including phenoxy) is 1. The SMILES string of the molecule is O=C(O)c1cc(Br)cc(C(=O)N[C@@H]2C[C@H]3CC[C@@H]2O3)c1. The van der Waals surface area contributed by atoms with Crippen molar-refractivity contribution in [3.63, 3.8) is 0 Å². The molecule has 2 aliphatic heterocycles. The second-order valence-corrected chi connectivity index (χ2v) is 6.14. The molecule has 2 N–H and O–H groups in total. The summed E-state index contributed by atoms with van der Waals surface area (Å²) in [6.45, 7) is 0. The maximum Gasteiger partial charge on any atom is 0.335 e. The number of carboxylic acids is 1. The highest BCUT2D eigenvalue weighted by molar-refractivity contribution is 9.10. The maximum atomic E-state index is 12.2. The van der Waals surface area contributed by atoms with Gasteiger partial charge in [-0.3, -0.25) is 4.79 Å². The summed E-state index contributed by atoms with van der Waals surface area (Å²) in [7, 11) is 0. The van der Waals surface area contributed by atoms with Gasteiger partial charge in [-0.15, -0.1) is 0 Å². The summed E-state index contributed by atoms with van der Waals surface area (Å²) in [5.41, 5.74) is 0.438. The average Bonchev–Trinajstić information content (AvgIpc) is 3.00. The number of nitrogens with one attached hydrogen (secondary N) is 1. The highest BCUT2D eigenvalue weighted by Gasteiger charge is 2.41. The first kappa shape index (κ1) is 13.6. The third kappa shape index (κ3) is 2.58. The van der Waals surface area contributed by atoms with Gasteiger partial charge in [0, 0.05) is 10.0 Å². The van der Waals surface area contributed by atoms with E-state index >= 15 is 0 Å². The van der Waals surface area contributed by atoms with Gasteiger partial charge in [0.2, 0.25) is 0 Å². The summed E-state index contributed by atoms with van der Waals surface area (Å²) in [6, 6.07) is 4.51. The molecule has 6 heteroatoms. The average molecular weight is 340 g/mol. The molecule has 1 aromatic rings. The smallest absolute Gasteiger partial charge is 0.335 e. The Bertz CT molecular complexity index is 574. The molecular weight excluding hydrogens is 326 g/mol. The van der Waals surface area contributed by atoms with E-state index in [0.29, 0.717) is 10.0 Å². The summed E-state index contributed by atoms with van der Waals surface area (Å²) in [5.74, 6) is -1.31. The summed E-state index contributed by atoms with van der Waals surface area (Å²) < 4.78 is 6.26. The van der Waals surface area contributed by atoms with Crippen LogP contribution in [0.15, 0.2) is 22.7 Å². The molecule has 2 heterocycles. The third-order valence-electron chi connectivity index (χ3n) is 3.83. The number of carbonyl (C=O) groups excluding carboxylic acids is 1. The Balaban J connectivity index is 1.75. The Morgan fingerprint density at radius 3 is 2.60 bits per heavy atom. The van der Waals surface area contributed by atoms with Crippen molar-refractivity contribution in [1.82, 2.24) is 5.32 Å². The number of aromatic carboxylic acids is 1. The van der Waals surface area contributed by atoms with Gasteiger partial charge in [-0.2, -0.15) is 0 Å². The predicted octanol–water partition coefficient (Wildman–Crippen LogP) is 2.20. The molecule has 0 saturated carbocycles. The highest BCUT2D eigenvalue weighted by Crippen LogP contribution is 2.34. The fourth-order valence-corrected chi connectivity index (χ4v) is 3.38. The zero-order valence-corrected chi connectivity index (χ0v) is 12.2. The predicted molar refractivity (Wildman–Crippen MR) is 74.9 cm³/mol. The lowest BCUT2D eigenvalue weighted by Gasteiger charge is -2.20. The van der Waals surface area contributed by atoms with Crippen molar-refractivity contribution in [2.75, 3.05) is 0 Å². The van der Waals surface area contributed by atoms with Crippen LogP contribution in [0.3, 0.4) is 0 Å². The molecule has 2 aliphatic rings. The molecule has 20 heavy (non-hydrogen) atoms. The number of amides is 1. The van der Waals surface area contributed by atoms with Crippen LogP contribution in [0, 0.1) is 0 Å². The number of fused-ring (bicyclic) bond motifs is 2.